The van der Waals surface area contributed by atoms with E-state index in [1.807, 2.05) is 19.9 Å². The standard InChI is InChI=1S/C19H24O3.H2/c1-10-6-7-14-13(8-10)17-12(3)16(18(20)21)11(2)9-15(17)22-19(14,4)5;/h8-9,13-14H,6-7H2,1-5H3,(H,20,21);1H/t13?,14-;/m1./s1. The molecular weight excluding hydrogens is 276 g/mol. The number of carbonyl (C=O) groups is 1. The van der Waals surface area contributed by atoms with Crippen molar-refractivity contribution in [2.45, 2.75) is 59.0 Å². The summed E-state index contributed by atoms with van der Waals surface area (Å²) >= 11 is 0. The van der Waals surface area contributed by atoms with Crippen molar-refractivity contribution in [1.29, 1.82) is 0 Å². The van der Waals surface area contributed by atoms with Gasteiger partial charge in [-0.2, -0.15) is 0 Å². The maximum absolute atomic E-state index is 11.6. The van der Waals surface area contributed by atoms with Crippen LogP contribution in [0.3, 0.4) is 0 Å². The number of fused-ring (bicyclic) bond motifs is 3. The second kappa shape index (κ2) is 4.87. The predicted molar refractivity (Wildman–Crippen MR) is 88.9 cm³/mol. The Morgan fingerprint density at radius 2 is 2.05 bits per heavy atom. The van der Waals surface area contributed by atoms with Crippen molar-refractivity contribution >= 4 is 5.97 Å². The Morgan fingerprint density at radius 3 is 2.68 bits per heavy atom. The fourth-order valence-electron chi connectivity index (χ4n) is 4.28. The number of hydrogen-bond donors (Lipinski definition) is 1. The third kappa shape index (κ3) is 2.15. The molecule has 1 N–H and O–H groups in total. The number of benzene rings is 1. The first-order chi connectivity index (χ1) is 10.2. The molecule has 1 aliphatic carbocycles. The van der Waals surface area contributed by atoms with Gasteiger partial charge in [0.05, 0.1) is 5.56 Å². The second-order valence-electron chi connectivity index (χ2n) is 7.30. The van der Waals surface area contributed by atoms with E-state index in [4.69, 9.17) is 4.74 Å². The lowest BCUT2D eigenvalue weighted by atomic mass is 9.67. The van der Waals surface area contributed by atoms with Crippen LogP contribution < -0.4 is 4.74 Å². The minimum Gasteiger partial charge on any atom is -0.487 e. The zero-order valence-electron chi connectivity index (χ0n) is 14.0. The summed E-state index contributed by atoms with van der Waals surface area (Å²) in [5.41, 5.74) is 4.30. The van der Waals surface area contributed by atoms with Crippen LogP contribution in [-0.2, 0) is 0 Å². The van der Waals surface area contributed by atoms with Crippen LogP contribution in [0.25, 0.3) is 0 Å². The summed E-state index contributed by atoms with van der Waals surface area (Å²) in [6.45, 7) is 10.2. The van der Waals surface area contributed by atoms with Crippen molar-refractivity contribution in [3.8, 4) is 5.75 Å². The van der Waals surface area contributed by atoms with E-state index >= 15 is 0 Å². The molecule has 1 aliphatic heterocycles. The molecule has 0 amide bonds. The molecule has 0 saturated heterocycles. The molecule has 3 nitrogen and oxygen atoms in total. The third-order valence-electron chi connectivity index (χ3n) is 5.35. The van der Waals surface area contributed by atoms with Crippen LogP contribution in [0.15, 0.2) is 17.7 Å². The van der Waals surface area contributed by atoms with E-state index in [-0.39, 0.29) is 12.9 Å². The molecule has 2 aliphatic rings. The summed E-state index contributed by atoms with van der Waals surface area (Å²) in [6.07, 6.45) is 4.51. The Labute approximate surface area is 133 Å². The zero-order chi connectivity index (χ0) is 16.2. The van der Waals surface area contributed by atoms with Crippen LogP contribution in [0.1, 0.15) is 68.0 Å². The largest absolute Gasteiger partial charge is 0.487 e. The lowest BCUT2D eigenvalue weighted by Gasteiger charge is -2.47. The summed E-state index contributed by atoms with van der Waals surface area (Å²) in [6, 6.07) is 1.90. The Hall–Kier alpha value is -1.77. The summed E-state index contributed by atoms with van der Waals surface area (Å²) in [4.78, 5) is 11.6. The highest BCUT2D eigenvalue weighted by molar-refractivity contribution is 5.92. The van der Waals surface area contributed by atoms with E-state index in [1.165, 1.54) is 5.57 Å². The highest BCUT2D eigenvalue weighted by Gasteiger charge is 2.45. The average Bonchev–Trinajstić information content (AvgIpc) is 2.35. The molecule has 2 atom stereocenters. The Bertz CT molecular complexity index is 688. The lowest BCUT2D eigenvalue weighted by molar-refractivity contribution is 0.0113. The van der Waals surface area contributed by atoms with Crippen molar-refractivity contribution in [1.82, 2.24) is 0 Å². The molecule has 3 heteroatoms. The fourth-order valence-corrected chi connectivity index (χ4v) is 4.28. The van der Waals surface area contributed by atoms with Gasteiger partial charge in [-0.25, -0.2) is 4.79 Å². The van der Waals surface area contributed by atoms with Crippen molar-refractivity contribution in [2.75, 3.05) is 0 Å². The van der Waals surface area contributed by atoms with Gasteiger partial charge >= 0.3 is 5.97 Å². The molecule has 0 spiro atoms. The zero-order valence-corrected chi connectivity index (χ0v) is 14.0. The van der Waals surface area contributed by atoms with Gasteiger partial charge in [-0.3, -0.25) is 0 Å². The van der Waals surface area contributed by atoms with E-state index in [1.54, 1.807) is 0 Å². The molecule has 1 heterocycles. The van der Waals surface area contributed by atoms with Crippen LogP contribution >= 0.6 is 0 Å². The monoisotopic (exact) mass is 302 g/mol. The van der Waals surface area contributed by atoms with Crippen LogP contribution in [0.2, 0.25) is 0 Å². The number of carboxylic acids is 1. The molecule has 3 rings (SSSR count). The summed E-state index contributed by atoms with van der Waals surface area (Å²) in [5.74, 6) is 0.658. The Morgan fingerprint density at radius 1 is 1.36 bits per heavy atom. The summed E-state index contributed by atoms with van der Waals surface area (Å²) in [7, 11) is 0. The molecule has 0 saturated carbocycles. The average molecular weight is 302 g/mol. The predicted octanol–water partition coefficient (Wildman–Crippen LogP) is 4.86. The minimum atomic E-state index is -0.851. The number of ether oxygens (including phenoxy) is 1. The molecule has 1 aromatic rings. The van der Waals surface area contributed by atoms with Crippen LogP contribution in [0, 0.1) is 19.8 Å². The number of allylic oxidation sites excluding steroid dienone is 2. The Kier molecular flexibility index (Phi) is 3.35. The van der Waals surface area contributed by atoms with Gasteiger partial charge in [-0.15, -0.1) is 0 Å². The van der Waals surface area contributed by atoms with Crippen molar-refractivity contribution in [2.24, 2.45) is 5.92 Å². The number of aromatic carboxylic acids is 1. The highest BCUT2D eigenvalue weighted by Crippen LogP contribution is 2.52. The maximum atomic E-state index is 11.6. The summed E-state index contributed by atoms with van der Waals surface area (Å²) < 4.78 is 6.30. The van der Waals surface area contributed by atoms with Gasteiger partial charge in [0.15, 0.2) is 0 Å². The lowest BCUT2D eigenvalue weighted by Crippen LogP contribution is -2.45. The molecule has 1 unspecified atom stereocenters. The fraction of sp³-hybridized carbons (Fsp3) is 0.526. The van der Waals surface area contributed by atoms with Crippen LogP contribution in [0.4, 0.5) is 0 Å². The number of aryl methyl sites for hydroxylation is 1. The highest BCUT2D eigenvalue weighted by atomic mass is 16.5. The van der Waals surface area contributed by atoms with E-state index < -0.39 is 5.97 Å². The van der Waals surface area contributed by atoms with Gasteiger partial charge in [0.2, 0.25) is 0 Å². The number of hydrogen-bond acceptors (Lipinski definition) is 2. The Balaban J connectivity index is 0.00000192. The third-order valence-corrected chi connectivity index (χ3v) is 5.35. The van der Waals surface area contributed by atoms with E-state index in [0.29, 0.717) is 11.5 Å². The van der Waals surface area contributed by atoms with Gasteiger partial charge < -0.3 is 9.84 Å². The molecule has 0 radical (unpaired) electrons. The normalized spacial score (nSPS) is 25.6. The van der Waals surface area contributed by atoms with Crippen LogP contribution in [-0.4, -0.2) is 16.7 Å². The molecule has 120 valence electrons. The van der Waals surface area contributed by atoms with Gasteiger partial charge in [0, 0.05) is 18.8 Å². The van der Waals surface area contributed by atoms with Gasteiger partial charge in [-0.1, -0.05) is 11.6 Å². The van der Waals surface area contributed by atoms with Gasteiger partial charge in [0.25, 0.3) is 0 Å². The first kappa shape index (κ1) is 15.1. The van der Waals surface area contributed by atoms with Crippen molar-refractivity contribution in [3.05, 3.63) is 40.0 Å². The second-order valence-corrected chi connectivity index (χ2v) is 7.30. The quantitative estimate of drug-likeness (QED) is 0.754. The smallest absolute Gasteiger partial charge is 0.336 e. The first-order valence-electron chi connectivity index (χ1n) is 7.96. The first-order valence-corrected chi connectivity index (χ1v) is 7.96. The van der Waals surface area contributed by atoms with Crippen molar-refractivity contribution in [3.63, 3.8) is 0 Å². The SMILES string of the molecule is CC1=CC2c3c(cc(C)c(C(=O)O)c3C)OC(C)(C)[C@@H]2CC1.[HH]. The molecule has 22 heavy (non-hydrogen) atoms. The topological polar surface area (TPSA) is 46.5 Å². The van der Waals surface area contributed by atoms with Crippen LogP contribution in [0.5, 0.6) is 5.75 Å². The molecule has 1 aromatic carbocycles. The minimum absolute atomic E-state index is 0. The molecule has 0 aromatic heterocycles. The molecule has 0 fully saturated rings. The van der Waals surface area contributed by atoms with Gasteiger partial charge in [0.1, 0.15) is 11.4 Å². The van der Waals surface area contributed by atoms with Crippen molar-refractivity contribution < 1.29 is 16.1 Å². The summed E-state index contributed by atoms with van der Waals surface area (Å²) in [5, 5.41) is 9.54. The molecular formula is C19H26O3. The number of rotatable bonds is 1. The number of carboxylic acid groups (broad SMARTS) is 1. The van der Waals surface area contributed by atoms with E-state index in [2.05, 4.69) is 26.8 Å². The van der Waals surface area contributed by atoms with Gasteiger partial charge in [-0.05, 0) is 64.7 Å². The van der Waals surface area contributed by atoms with E-state index in [9.17, 15) is 9.90 Å². The maximum Gasteiger partial charge on any atom is 0.336 e. The van der Waals surface area contributed by atoms with E-state index in [0.717, 1.165) is 35.3 Å². The molecule has 0 bridgehead atoms.